The van der Waals surface area contributed by atoms with Crippen molar-refractivity contribution in [3.8, 4) is 28.8 Å². The molecule has 0 radical (unpaired) electrons. The number of hydrogen-bond acceptors (Lipinski definition) is 8. The maximum Gasteiger partial charge on any atom is 0.207 e. The van der Waals surface area contributed by atoms with Crippen LogP contribution in [-0.2, 0) is 12.5 Å². The van der Waals surface area contributed by atoms with Crippen LogP contribution in [0.3, 0.4) is 0 Å². The zero-order valence-electron chi connectivity index (χ0n) is 16.0. The summed E-state index contributed by atoms with van der Waals surface area (Å²) in [7, 11) is 3.40. The third-order valence-corrected chi connectivity index (χ3v) is 4.13. The van der Waals surface area contributed by atoms with E-state index in [0.717, 1.165) is 5.56 Å². The van der Waals surface area contributed by atoms with Gasteiger partial charge in [-0.2, -0.15) is 9.61 Å². The van der Waals surface area contributed by atoms with Crippen LogP contribution in [-0.4, -0.2) is 46.8 Å². The number of nitrogens with zero attached hydrogens (tertiary/aromatic N) is 8. The van der Waals surface area contributed by atoms with Crippen molar-refractivity contribution in [3.05, 3.63) is 23.7 Å². The van der Waals surface area contributed by atoms with Gasteiger partial charge in [-0.25, -0.2) is 4.98 Å². The molecule has 10 nitrogen and oxygen atoms in total. The summed E-state index contributed by atoms with van der Waals surface area (Å²) >= 11 is 0. The Hall–Kier alpha value is -3.30. The minimum atomic E-state index is -0.289. The second-order valence-electron chi connectivity index (χ2n) is 7.33. The molecule has 140 valence electrons. The Morgan fingerprint density at radius 2 is 1.93 bits per heavy atom. The molecule has 0 aromatic carbocycles. The highest BCUT2D eigenvalue weighted by Gasteiger charge is 2.31. The van der Waals surface area contributed by atoms with E-state index in [1.54, 1.807) is 35.7 Å². The van der Waals surface area contributed by atoms with E-state index in [2.05, 4.69) is 46.2 Å². The fourth-order valence-electron chi connectivity index (χ4n) is 3.00. The van der Waals surface area contributed by atoms with Crippen LogP contribution < -0.4 is 4.74 Å². The van der Waals surface area contributed by atoms with Gasteiger partial charge in [-0.05, 0) is 12.3 Å². The third-order valence-electron chi connectivity index (χ3n) is 4.13. The molecule has 0 spiro atoms. The topological polar surface area (TPSA) is 109 Å². The Bertz CT molecular complexity index is 1130. The molecular weight excluding hydrogens is 348 g/mol. The molecule has 4 aromatic rings. The van der Waals surface area contributed by atoms with Gasteiger partial charge in [-0.3, -0.25) is 4.68 Å². The predicted molar refractivity (Wildman–Crippen MR) is 96.3 cm³/mol. The Balaban J connectivity index is 2.10. The van der Waals surface area contributed by atoms with E-state index in [1.807, 2.05) is 6.92 Å². The summed E-state index contributed by atoms with van der Waals surface area (Å²) in [6.45, 7) is 8.05. The number of rotatable bonds is 3. The lowest BCUT2D eigenvalue weighted by molar-refractivity contribution is 0.396. The van der Waals surface area contributed by atoms with Crippen LogP contribution in [0.25, 0.3) is 28.7 Å². The summed E-state index contributed by atoms with van der Waals surface area (Å²) in [5.41, 5.74) is 2.23. The van der Waals surface area contributed by atoms with Crippen molar-refractivity contribution in [3.63, 3.8) is 0 Å². The summed E-state index contributed by atoms with van der Waals surface area (Å²) in [5.74, 6) is 2.19. The Kier molecular flexibility index (Phi) is 3.72. The third kappa shape index (κ3) is 2.73. The van der Waals surface area contributed by atoms with Crippen molar-refractivity contribution < 1.29 is 9.26 Å². The summed E-state index contributed by atoms with van der Waals surface area (Å²) in [6.07, 6.45) is 1.62. The lowest BCUT2D eigenvalue weighted by atomic mass is 9.86. The van der Waals surface area contributed by atoms with Crippen LogP contribution in [0.4, 0.5) is 0 Å². The summed E-state index contributed by atoms with van der Waals surface area (Å²) in [5, 5.41) is 21.8. The quantitative estimate of drug-likeness (QED) is 0.541. The highest BCUT2D eigenvalue weighted by Crippen LogP contribution is 2.39. The highest BCUT2D eigenvalue weighted by atomic mass is 16.5. The van der Waals surface area contributed by atoms with Crippen molar-refractivity contribution in [2.75, 3.05) is 7.11 Å². The predicted octanol–water partition coefficient (Wildman–Crippen LogP) is 2.19. The molecule has 0 bridgehead atoms. The molecule has 0 saturated carbocycles. The minimum absolute atomic E-state index is 0.289. The average Bonchev–Trinajstić information content (AvgIpc) is 3.31. The molecule has 10 heteroatoms. The van der Waals surface area contributed by atoms with Gasteiger partial charge in [0.05, 0.1) is 7.11 Å². The first kappa shape index (κ1) is 17.1. The number of aryl methyl sites for hydroxylation is 2. The lowest BCUT2D eigenvalue weighted by Crippen LogP contribution is -2.17. The second kappa shape index (κ2) is 5.86. The maximum atomic E-state index is 5.73. The molecule has 0 atom stereocenters. The average molecular weight is 368 g/mol. The van der Waals surface area contributed by atoms with E-state index < -0.39 is 0 Å². The van der Waals surface area contributed by atoms with Crippen molar-refractivity contribution in [2.45, 2.75) is 33.1 Å². The zero-order valence-corrected chi connectivity index (χ0v) is 16.0. The summed E-state index contributed by atoms with van der Waals surface area (Å²) < 4.78 is 14.2. The standard InChI is InChI=1S/C17H20N8O2/c1-9-7-10(23-27-9)15-19-20-16-11(17(2,3)4)13(26-6)12(21-25(15)16)14-18-8-24(5)22-14/h7-8H,1-6H3. The Morgan fingerprint density at radius 3 is 2.48 bits per heavy atom. The fraction of sp³-hybridized carbons (Fsp3) is 0.412. The monoisotopic (exact) mass is 368 g/mol. The molecule has 0 aliphatic rings. The first-order chi connectivity index (χ1) is 12.8. The number of hydrogen-bond donors (Lipinski definition) is 0. The van der Waals surface area contributed by atoms with Gasteiger partial charge in [0.15, 0.2) is 22.8 Å². The van der Waals surface area contributed by atoms with Gasteiger partial charge in [0.1, 0.15) is 12.1 Å². The largest absolute Gasteiger partial charge is 0.494 e. The number of aromatic nitrogens is 8. The molecule has 0 saturated heterocycles. The molecule has 4 rings (SSSR count). The zero-order chi connectivity index (χ0) is 19.3. The molecule has 4 aromatic heterocycles. The van der Waals surface area contributed by atoms with E-state index in [9.17, 15) is 0 Å². The number of fused-ring (bicyclic) bond motifs is 1. The van der Waals surface area contributed by atoms with Crippen LogP contribution in [0.15, 0.2) is 16.9 Å². The van der Waals surface area contributed by atoms with Crippen LogP contribution in [0.1, 0.15) is 32.1 Å². The molecule has 0 fully saturated rings. The molecular formula is C17H20N8O2. The first-order valence-electron chi connectivity index (χ1n) is 8.43. The van der Waals surface area contributed by atoms with Gasteiger partial charge in [0, 0.05) is 18.7 Å². The van der Waals surface area contributed by atoms with E-state index in [-0.39, 0.29) is 5.41 Å². The van der Waals surface area contributed by atoms with Crippen molar-refractivity contribution in [1.29, 1.82) is 0 Å². The minimum Gasteiger partial charge on any atom is -0.494 e. The number of ether oxygens (including phenoxy) is 1. The Morgan fingerprint density at radius 1 is 1.15 bits per heavy atom. The van der Waals surface area contributed by atoms with Gasteiger partial charge in [-0.15, -0.1) is 15.3 Å². The van der Waals surface area contributed by atoms with E-state index in [4.69, 9.17) is 14.4 Å². The summed E-state index contributed by atoms with van der Waals surface area (Å²) in [6, 6.07) is 1.79. The van der Waals surface area contributed by atoms with E-state index in [1.165, 1.54) is 0 Å². The molecule has 0 aliphatic carbocycles. The van der Waals surface area contributed by atoms with Crippen LogP contribution in [0.5, 0.6) is 5.75 Å². The van der Waals surface area contributed by atoms with Crippen LogP contribution in [0, 0.1) is 6.92 Å². The SMILES string of the molecule is COc1c(-c2ncn(C)n2)nn2c(-c3cc(C)on3)nnc2c1C(C)(C)C. The van der Waals surface area contributed by atoms with Crippen molar-refractivity contribution in [1.82, 2.24) is 39.7 Å². The van der Waals surface area contributed by atoms with Gasteiger partial charge in [0.25, 0.3) is 0 Å². The number of methoxy groups -OCH3 is 1. The van der Waals surface area contributed by atoms with Gasteiger partial charge >= 0.3 is 0 Å². The Labute approximate surface area is 155 Å². The van der Waals surface area contributed by atoms with Gasteiger partial charge < -0.3 is 9.26 Å². The summed E-state index contributed by atoms with van der Waals surface area (Å²) in [4.78, 5) is 4.34. The molecule has 27 heavy (non-hydrogen) atoms. The lowest BCUT2D eigenvalue weighted by Gasteiger charge is -2.23. The molecule has 0 aliphatic heterocycles. The molecule has 0 unspecified atom stereocenters. The second-order valence-corrected chi connectivity index (χ2v) is 7.33. The van der Waals surface area contributed by atoms with Crippen molar-refractivity contribution >= 4 is 5.65 Å². The normalized spacial score (nSPS) is 12.1. The smallest absolute Gasteiger partial charge is 0.207 e. The van der Waals surface area contributed by atoms with Gasteiger partial charge in [0.2, 0.25) is 11.6 Å². The van der Waals surface area contributed by atoms with Crippen molar-refractivity contribution in [2.24, 2.45) is 7.05 Å². The first-order valence-corrected chi connectivity index (χ1v) is 8.43. The van der Waals surface area contributed by atoms with E-state index in [0.29, 0.717) is 40.2 Å². The van der Waals surface area contributed by atoms with Crippen LogP contribution >= 0.6 is 0 Å². The molecule has 4 heterocycles. The molecule has 0 amide bonds. The fourth-order valence-corrected chi connectivity index (χ4v) is 3.00. The van der Waals surface area contributed by atoms with Crippen LogP contribution in [0.2, 0.25) is 0 Å². The highest BCUT2D eigenvalue weighted by molar-refractivity contribution is 5.71. The molecule has 0 N–H and O–H groups in total. The maximum absolute atomic E-state index is 5.73. The van der Waals surface area contributed by atoms with E-state index >= 15 is 0 Å². The van der Waals surface area contributed by atoms with Gasteiger partial charge in [-0.1, -0.05) is 25.9 Å².